The number of likely N-dealkylation sites (N-methyl/N-ethyl adjacent to an activating group) is 1. The van der Waals surface area contributed by atoms with Crippen molar-refractivity contribution in [1.82, 2.24) is 36.0 Å². The number of alkyl halides is 3. The van der Waals surface area contributed by atoms with Crippen molar-refractivity contribution in [2.75, 3.05) is 31.6 Å². The van der Waals surface area contributed by atoms with E-state index >= 15 is 0 Å². The zero-order valence-electron chi connectivity index (χ0n) is 48.2. The van der Waals surface area contributed by atoms with Gasteiger partial charge >= 0.3 is 12.3 Å². The molecule has 80 heavy (non-hydrogen) atoms. The van der Waals surface area contributed by atoms with Crippen LogP contribution in [0.5, 0.6) is 0 Å². The Morgan fingerprint density at radius 1 is 0.700 bits per heavy atom. The Morgan fingerprint density at radius 2 is 1.10 bits per heavy atom. The number of amides is 5. The molecular weight excluding hydrogens is 1080 g/mol. The maximum Gasteiger partial charge on any atom is 0.446 e. The number of benzene rings is 2. The molecule has 450 valence electrons. The highest BCUT2D eigenvalue weighted by atomic mass is 32.2. The lowest BCUT2D eigenvalue weighted by atomic mass is 9.87. The molecular formula is C57H88F3N7O11S2. The lowest BCUT2D eigenvalue weighted by Crippen LogP contribution is -2.54. The van der Waals surface area contributed by atoms with E-state index in [1.807, 2.05) is 62.9 Å². The summed E-state index contributed by atoms with van der Waals surface area (Å²) in [5, 5.41) is 11.0. The lowest BCUT2D eigenvalue weighted by molar-refractivity contribution is -0.156. The van der Waals surface area contributed by atoms with Crippen LogP contribution in [0.25, 0.3) is 0 Å². The monoisotopic (exact) mass is 1170 g/mol. The Kier molecular flexibility index (Phi) is 24.0. The van der Waals surface area contributed by atoms with Crippen molar-refractivity contribution in [3.05, 3.63) is 70.8 Å². The van der Waals surface area contributed by atoms with E-state index in [9.17, 15) is 54.0 Å². The molecule has 18 nitrogen and oxygen atoms in total. The molecule has 0 aromatic heterocycles. The predicted octanol–water partition coefficient (Wildman–Crippen LogP) is 7.26. The number of rotatable bonds is 10. The molecule has 2 aliphatic carbocycles. The Bertz CT molecular complexity index is 2730. The van der Waals surface area contributed by atoms with Crippen LogP contribution in [-0.4, -0.2) is 152 Å². The summed E-state index contributed by atoms with van der Waals surface area (Å²) in [6.45, 7) is 15.3. The molecule has 10 atom stereocenters. The van der Waals surface area contributed by atoms with E-state index in [0.717, 1.165) is 50.5 Å². The Hall–Kier alpha value is -5.13. The Labute approximate surface area is 474 Å². The summed E-state index contributed by atoms with van der Waals surface area (Å²) in [5.41, 5.74) is 4.12. The molecule has 0 unspecified atom stereocenters. The summed E-state index contributed by atoms with van der Waals surface area (Å²) in [6, 6.07) is 13.6. The number of ether oxygens (including phenoxy) is 1. The van der Waals surface area contributed by atoms with Gasteiger partial charge in [-0.2, -0.15) is 13.2 Å². The molecule has 2 aromatic rings. The number of hydrogen-bond donors (Lipinski definition) is 4. The molecule has 0 radical (unpaired) electrons. The third kappa shape index (κ3) is 17.9. The second-order valence-electron chi connectivity index (χ2n) is 22.2. The summed E-state index contributed by atoms with van der Waals surface area (Å²) in [6.07, 6.45) is 0.858. The van der Waals surface area contributed by atoms with Gasteiger partial charge in [0, 0.05) is 38.1 Å². The lowest BCUT2D eigenvalue weighted by Gasteiger charge is -2.33. The molecule has 4 saturated heterocycles. The predicted molar refractivity (Wildman–Crippen MR) is 301 cm³/mol. The number of halogens is 3. The third-order valence-electron chi connectivity index (χ3n) is 15.6. The summed E-state index contributed by atoms with van der Waals surface area (Å²) in [7, 11) is -5.32. The van der Waals surface area contributed by atoms with Gasteiger partial charge in [-0.15, -0.1) is 0 Å². The van der Waals surface area contributed by atoms with Gasteiger partial charge in [0.15, 0.2) is 19.7 Å². The smallest absolute Gasteiger partial charge is 0.444 e. The number of sulfone groups is 2. The number of nitrogens with one attached hydrogen (secondary N) is 4. The summed E-state index contributed by atoms with van der Waals surface area (Å²) < 4.78 is 94.9. The first kappa shape index (κ1) is 65.7. The van der Waals surface area contributed by atoms with Gasteiger partial charge in [-0.05, 0) is 133 Å². The molecule has 0 bridgehead atoms. The maximum atomic E-state index is 13.5. The molecule has 4 fully saturated rings. The van der Waals surface area contributed by atoms with E-state index in [2.05, 4.69) is 39.5 Å². The van der Waals surface area contributed by atoms with Gasteiger partial charge in [0.2, 0.25) is 29.9 Å². The molecule has 4 heterocycles. The highest BCUT2D eigenvalue weighted by Gasteiger charge is 2.49. The Morgan fingerprint density at radius 3 is 1.49 bits per heavy atom. The number of aldehydes is 1. The fraction of sp³-hybridized carbons (Fsp3) is 0.684. The number of carbonyl (C=O) groups excluding carboxylic acids is 6. The third-order valence-corrected chi connectivity index (χ3v) is 19.9. The van der Waals surface area contributed by atoms with Crippen molar-refractivity contribution < 1.29 is 64.9 Å². The van der Waals surface area contributed by atoms with Crippen molar-refractivity contribution >= 4 is 55.7 Å². The Balaban J connectivity index is 0.000000304. The molecule has 0 spiro atoms. The first-order valence-corrected chi connectivity index (χ1v) is 31.3. The van der Waals surface area contributed by atoms with Crippen LogP contribution in [0.15, 0.2) is 48.5 Å². The summed E-state index contributed by atoms with van der Waals surface area (Å²) >= 11 is 0. The van der Waals surface area contributed by atoms with Crippen molar-refractivity contribution in [2.45, 2.75) is 211 Å². The van der Waals surface area contributed by atoms with Crippen LogP contribution < -0.4 is 21.3 Å². The molecule has 8 rings (SSSR count). The number of carbonyl (C=O) groups is 6. The van der Waals surface area contributed by atoms with E-state index in [-0.39, 0.29) is 73.7 Å². The second-order valence-corrected chi connectivity index (χ2v) is 26.7. The number of nitrogens with zero attached hydrogens (tertiary/aromatic N) is 3. The number of hydrogen-bond acceptors (Lipinski definition) is 13. The molecule has 4 N–H and O–H groups in total. The molecule has 2 aromatic carbocycles. The summed E-state index contributed by atoms with van der Waals surface area (Å²) in [5.74, 6) is -0.855. The van der Waals surface area contributed by atoms with Gasteiger partial charge in [0.1, 0.15) is 23.8 Å². The normalized spacial score (nSPS) is 26.6. The van der Waals surface area contributed by atoms with Gasteiger partial charge < -0.3 is 26.0 Å². The van der Waals surface area contributed by atoms with Crippen LogP contribution >= 0.6 is 0 Å². The quantitative estimate of drug-likeness (QED) is 0.172. The van der Waals surface area contributed by atoms with Crippen molar-refractivity contribution in [1.29, 1.82) is 0 Å². The van der Waals surface area contributed by atoms with Crippen LogP contribution in [0, 0.1) is 5.92 Å². The van der Waals surface area contributed by atoms with Crippen molar-refractivity contribution in [3.8, 4) is 0 Å². The highest BCUT2D eigenvalue weighted by molar-refractivity contribution is 7.92. The first-order valence-electron chi connectivity index (χ1n) is 28.4. The minimum atomic E-state index is -4.97. The minimum Gasteiger partial charge on any atom is -0.444 e. The van der Waals surface area contributed by atoms with Crippen LogP contribution in [0.4, 0.5) is 18.0 Å². The number of aryl methyl sites for hydroxylation is 2. The maximum absolute atomic E-state index is 13.5. The van der Waals surface area contributed by atoms with E-state index in [1.54, 1.807) is 32.6 Å². The molecule has 6 aliphatic rings. The average molecular weight is 1170 g/mol. The van der Waals surface area contributed by atoms with Crippen LogP contribution in [0.3, 0.4) is 0 Å². The van der Waals surface area contributed by atoms with Gasteiger partial charge in [-0.3, -0.25) is 38.7 Å². The number of fused-ring (bicyclic) bond motifs is 4. The molecule has 4 aliphatic heterocycles. The van der Waals surface area contributed by atoms with Crippen LogP contribution in [0.1, 0.15) is 169 Å². The van der Waals surface area contributed by atoms with E-state index in [0.29, 0.717) is 38.6 Å². The minimum absolute atomic E-state index is 0. The van der Waals surface area contributed by atoms with E-state index in [1.165, 1.54) is 28.6 Å². The topological polar surface area (TPSA) is 238 Å². The zero-order chi connectivity index (χ0) is 59.5. The van der Waals surface area contributed by atoms with Gasteiger partial charge in [-0.25, -0.2) is 21.6 Å². The zero-order valence-corrected chi connectivity index (χ0v) is 48.8. The van der Waals surface area contributed by atoms with Crippen molar-refractivity contribution in [3.63, 3.8) is 0 Å². The largest absolute Gasteiger partial charge is 0.446 e. The van der Waals surface area contributed by atoms with E-state index in [4.69, 9.17) is 10.9 Å². The highest BCUT2D eigenvalue weighted by Crippen LogP contribution is 2.36. The molecule has 0 saturated carbocycles. The fourth-order valence-electron chi connectivity index (χ4n) is 11.2. The SMILES string of the molecule is C.CC.CC[C@@H](C)C(=O)N[C@H]1CCS(=O)(=O)[C@H]2CC[C@@H](C(=O)N[C@@H]3CCCc4ccccc43)N2C1.C[C@@H](C(=O)N[C@H]1CCS(=O)(=O)[C@H]2CC[C@@H](C(=O)N[C@@H]3CCCc4ccccc43)N2C1)N(C)C(=O)OC(C)(C)C.[2H]C(=O)C(F)(F)F. The van der Waals surface area contributed by atoms with Gasteiger partial charge in [0.05, 0.1) is 35.7 Å². The van der Waals surface area contributed by atoms with Crippen LogP contribution in [-0.2, 0) is 61.2 Å². The van der Waals surface area contributed by atoms with Crippen LogP contribution in [0.2, 0.25) is 0 Å². The van der Waals surface area contributed by atoms with Gasteiger partial charge in [-0.1, -0.05) is 83.7 Å². The molecule has 5 amide bonds. The summed E-state index contributed by atoms with van der Waals surface area (Å²) in [4.78, 5) is 78.7. The van der Waals surface area contributed by atoms with Gasteiger partial charge in [0.25, 0.3) is 0 Å². The molecule has 23 heteroatoms. The second kappa shape index (κ2) is 29.2. The fourth-order valence-corrected chi connectivity index (χ4v) is 15.2. The standard InChI is InChI=1S/C28H42N4O6S.C24H35N3O4S.C2HF3O.C2H6.CH4/c1-18(31(5)27(35)38-28(2,3)4)25(33)29-20-15-16-39(36,37)24-14-13-23(32(24)17-20)26(34)30-22-12-8-10-19-9-6-7-11-21(19)22;1-3-16(2)23(28)25-18-13-14-32(30,31)22-12-11-21(27(22)15-18)24(29)26-20-10-6-8-17-7-4-5-9-19(17)20;3-2(4,5)1-6;1-2;/h6-7,9,11,18,20,22-24H,8,10,12-17H2,1-5H3,(H,29,33)(H,30,34);4-5,7,9,16,18,20-22H,3,6,8,10-15H2,1-2H3,(H,25,28)(H,26,29);1H;1-2H3;1H4/t18-,20-,22+,23-,24-;16-,18+,20-,21+,22+;;;/m01.../s1/i;;1D;;. The average Bonchev–Trinajstić information content (AvgIpc) is 4.04. The first-order chi connectivity index (χ1) is 37.5. The van der Waals surface area contributed by atoms with E-state index < -0.39 is 84.6 Å². The van der Waals surface area contributed by atoms with Crippen molar-refractivity contribution in [2.24, 2.45) is 5.92 Å².